The monoisotopic (exact) mass is 302 g/mol. The smallest absolute Gasteiger partial charge is 0.147 e. The molecule has 106 valence electrons. The molecule has 1 unspecified atom stereocenters. The van der Waals surface area contributed by atoms with Gasteiger partial charge in [0.15, 0.2) is 0 Å². The minimum Gasteiger partial charge on any atom is -0.383 e. The highest BCUT2D eigenvalue weighted by Gasteiger charge is 2.18. The number of aliphatic hydroxyl groups excluding tert-OH is 1. The minimum absolute atomic E-state index is 0.0120. The molecule has 21 heavy (non-hydrogen) atoms. The second-order valence-electron chi connectivity index (χ2n) is 4.60. The Bertz CT molecular complexity index is 758. The van der Waals surface area contributed by atoms with E-state index in [1.54, 1.807) is 16.9 Å². The van der Waals surface area contributed by atoms with Gasteiger partial charge in [0.2, 0.25) is 0 Å². The number of hydrogen-bond donors (Lipinski definition) is 1. The number of nitrogens with zero attached hydrogens (tertiary/aromatic N) is 2. The first-order valence-electron chi connectivity index (χ1n) is 6.39. The van der Waals surface area contributed by atoms with E-state index in [9.17, 15) is 9.50 Å². The van der Waals surface area contributed by atoms with Crippen LogP contribution in [-0.4, -0.2) is 14.9 Å². The van der Waals surface area contributed by atoms with Crippen LogP contribution in [0.2, 0.25) is 5.02 Å². The molecule has 1 atom stereocenters. The fraction of sp³-hybridized carbons (Fsp3) is 0.0625. The van der Waals surface area contributed by atoms with Crippen molar-refractivity contribution in [3.05, 3.63) is 82.9 Å². The average molecular weight is 303 g/mol. The third-order valence-corrected chi connectivity index (χ3v) is 3.51. The van der Waals surface area contributed by atoms with Gasteiger partial charge in [0.1, 0.15) is 11.9 Å². The number of halogens is 2. The number of para-hydroxylation sites is 1. The van der Waals surface area contributed by atoms with Crippen molar-refractivity contribution >= 4 is 11.6 Å². The molecule has 1 N–H and O–H groups in total. The van der Waals surface area contributed by atoms with E-state index >= 15 is 0 Å². The quantitative estimate of drug-likeness (QED) is 0.800. The molecular weight excluding hydrogens is 291 g/mol. The summed E-state index contributed by atoms with van der Waals surface area (Å²) in [7, 11) is 0. The molecule has 0 amide bonds. The van der Waals surface area contributed by atoms with Gasteiger partial charge in [0.25, 0.3) is 0 Å². The van der Waals surface area contributed by atoms with E-state index in [2.05, 4.69) is 5.10 Å². The maximum atomic E-state index is 13.9. The van der Waals surface area contributed by atoms with Crippen molar-refractivity contribution < 1.29 is 9.50 Å². The Morgan fingerprint density at radius 1 is 1.10 bits per heavy atom. The SMILES string of the molecule is OC(c1cnn(-c2ccccc2)c1)c1cccc(Cl)c1F. The van der Waals surface area contributed by atoms with Crippen molar-refractivity contribution in [1.29, 1.82) is 0 Å². The standard InChI is InChI=1S/C16H12ClFN2O/c17-14-8-4-7-13(15(14)18)16(21)11-9-19-20(10-11)12-5-2-1-3-6-12/h1-10,16,21H. The lowest BCUT2D eigenvalue weighted by Crippen LogP contribution is -2.02. The molecular formula is C16H12ClFN2O. The molecule has 1 aromatic heterocycles. The third kappa shape index (κ3) is 2.68. The van der Waals surface area contributed by atoms with E-state index in [1.807, 2.05) is 30.3 Å². The van der Waals surface area contributed by atoms with Gasteiger partial charge in [-0.2, -0.15) is 5.10 Å². The van der Waals surface area contributed by atoms with Gasteiger partial charge < -0.3 is 5.11 Å². The molecule has 0 aliphatic carbocycles. The van der Waals surface area contributed by atoms with E-state index in [0.717, 1.165) is 5.69 Å². The van der Waals surface area contributed by atoms with Crippen LogP contribution in [-0.2, 0) is 0 Å². The van der Waals surface area contributed by atoms with Crippen LogP contribution in [0.4, 0.5) is 4.39 Å². The summed E-state index contributed by atoms with van der Waals surface area (Å²) in [6, 6.07) is 14.0. The van der Waals surface area contributed by atoms with Crippen LogP contribution < -0.4 is 0 Å². The largest absolute Gasteiger partial charge is 0.383 e. The summed E-state index contributed by atoms with van der Waals surface area (Å²) >= 11 is 5.74. The van der Waals surface area contributed by atoms with Crippen LogP contribution in [0.5, 0.6) is 0 Å². The summed E-state index contributed by atoms with van der Waals surface area (Å²) in [5.41, 5.74) is 1.50. The van der Waals surface area contributed by atoms with Crippen molar-refractivity contribution in [2.75, 3.05) is 0 Å². The fourth-order valence-corrected chi connectivity index (χ4v) is 2.29. The summed E-state index contributed by atoms with van der Waals surface area (Å²) < 4.78 is 15.6. The molecule has 0 radical (unpaired) electrons. The van der Waals surface area contributed by atoms with Crippen LogP contribution in [0.25, 0.3) is 5.69 Å². The van der Waals surface area contributed by atoms with Gasteiger partial charge in [-0.3, -0.25) is 0 Å². The van der Waals surface area contributed by atoms with Crippen LogP contribution in [0.15, 0.2) is 60.9 Å². The summed E-state index contributed by atoms with van der Waals surface area (Å²) in [6.45, 7) is 0. The van der Waals surface area contributed by atoms with Gasteiger partial charge in [0, 0.05) is 17.3 Å². The highest BCUT2D eigenvalue weighted by atomic mass is 35.5. The van der Waals surface area contributed by atoms with Gasteiger partial charge in [0.05, 0.1) is 16.9 Å². The Labute approximate surface area is 126 Å². The fourth-order valence-electron chi connectivity index (χ4n) is 2.11. The summed E-state index contributed by atoms with van der Waals surface area (Å²) in [5, 5.41) is 14.5. The van der Waals surface area contributed by atoms with Gasteiger partial charge in [-0.05, 0) is 18.2 Å². The lowest BCUT2D eigenvalue weighted by atomic mass is 10.0. The first-order chi connectivity index (χ1) is 10.2. The topological polar surface area (TPSA) is 38.1 Å². The number of benzene rings is 2. The van der Waals surface area contributed by atoms with Gasteiger partial charge >= 0.3 is 0 Å². The molecule has 1 heterocycles. The summed E-state index contributed by atoms with van der Waals surface area (Å²) in [5.74, 6) is -0.612. The van der Waals surface area contributed by atoms with Crippen molar-refractivity contribution in [3.63, 3.8) is 0 Å². The molecule has 0 saturated heterocycles. The number of aliphatic hydroxyl groups is 1. The predicted octanol–water partition coefficient (Wildman–Crippen LogP) is 3.75. The molecule has 0 aliphatic heterocycles. The molecule has 0 fully saturated rings. The summed E-state index contributed by atoms with van der Waals surface area (Å²) in [4.78, 5) is 0. The lowest BCUT2D eigenvalue weighted by molar-refractivity contribution is 0.215. The number of rotatable bonds is 3. The van der Waals surface area contributed by atoms with Gasteiger partial charge in [-0.1, -0.05) is 41.9 Å². The van der Waals surface area contributed by atoms with Crippen LogP contribution in [0.3, 0.4) is 0 Å². The second-order valence-corrected chi connectivity index (χ2v) is 5.01. The average Bonchev–Trinajstić information content (AvgIpc) is 3.00. The molecule has 0 bridgehead atoms. The maximum Gasteiger partial charge on any atom is 0.147 e. The Morgan fingerprint density at radius 3 is 2.62 bits per heavy atom. The number of hydrogen-bond acceptors (Lipinski definition) is 2. The van der Waals surface area contributed by atoms with Gasteiger partial charge in [-0.25, -0.2) is 9.07 Å². The van der Waals surface area contributed by atoms with E-state index in [-0.39, 0.29) is 10.6 Å². The first kappa shape index (κ1) is 13.8. The molecule has 0 spiro atoms. The Balaban J connectivity index is 1.95. The van der Waals surface area contributed by atoms with Crippen molar-refractivity contribution in [1.82, 2.24) is 9.78 Å². The highest BCUT2D eigenvalue weighted by Crippen LogP contribution is 2.28. The van der Waals surface area contributed by atoms with E-state index in [1.165, 1.54) is 18.3 Å². The molecule has 2 aromatic carbocycles. The zero-order valence-corrected chi connectivity index (χ0v) is 11.7. The highest BCUT2D eigenvalue weighted by molar-refractivity contribution is 6.30. The van der Waals surface area contributed by atoms with Crippen LogP contribution in [0, 0.1) is 5.82 Å². The zero-order chi connectivity index (χ0) is 14.8. The lowest BCUT2D eigenvalue weighted by Gasteiger charge is -2.10. The van der Waals surface area contributed by atoms with Crippen LogP contribution in [0.1, 0.15) is 17.2 Å². The molecule has 3 aromatic rings. The predicted molar refractivity (Wildman–Crippen MR) is 79.0 cm³/mol. The minimum atomic E-state index is -1.11. The maximum absolute atomic E-state index is 13.9. The van der Waals surface area contributed by atoms with E-state index < -0.39 is 11.9 Å². The third-order valence-electron chi connectivity index (χ3n) is 3.22. The Kier molecular flexibility index (Phi) is 3.73. The van der Waals surface area contributed by atoms with Crippen molar-refractivity contribution in [3.8, 4) is 5.69 Å². The van der Waals surface area contributed by atoms with Crippen molar-refractivity contribution in [2.24, 2.45) is 0 Å². The zero-order valence-electron chi connectivity index (χ0n) is 10.9. The molecule has 0 saturated carbocycles. The summed E-state index contributed by atoms with van der Waals surface area (Å²) in [6.07, 6.45) is 2.07. The Morgan fingerprint density at radius 2 is 1.86 bits per heavy atom. The van der Waals surface area contributed by atoms with E-state index in [4.69, 9.17) is 11.6 Å². The number of aromatic nitrogens is 2. The van der Waals surface area contributed by atoms with E-state index in [0.29, 0.717) is 5.56 Å². The molecule has 3 nitrogen and oxygen atoms in total. The molecule has 0 aliphatic rings. The van der Waals surface area contributed by atoms with Gasteiger partial charge in [-0.15, -0.1) is 0 Å². The molecule has 5 heteroatoms. The van der Waals surface area contributed by atoms with Crippen molar-refractivity contribution in [2.45, 2.75) is 6.10 Å². The first-order valence-corrected chi connectivity index (χ1v) is 6.76. The normalized spacial score (nSPS) is 12.3. The molecule has 3 rings (SSSR count). The Hall–Kier alpha value is -2.17. The van der Waals surface area contributed by atoms with Crippen LogP contribution >= 0.6 is 11.6 Å². The second kappa shape index (κ2) is 5.68.